The van der Waals surface area contributed by atoms with Crippen molar-refractivity contribution in [2.24, 2.45) is 0 Å². The number of amides is 1. The summed E-state index contributed by atoms with van der Waals surface area (Å²) < 4.78 is 45.1. The van der Waals surface area contributed by atoms with Crippen LogP contribution in [0.15, 0.2) is 41.8 Å². The van der Waals surface area contributed by atoms with Gasteiger partial charge in [0.2, 0.25) is 0 Å². The largest absolute Gasteiger partial charge is 0.573 e. The highest BCUT2D eigenvalue weighted by Gasteiger charge is 2.31. The standard InChI is InChI=1S/C17H16F3NO4S/c1-11(24-15(22)9-8-14-3-2-10-26-14)16(23)21-12-4-6-13(7-5-12)25-17(18,19)20/h2-7,10-11H,8-9H2,1H3,(H,21,23)/t11-/m0/s1. The van der Waals surface area contributed by atoms with Crippen LogP contribution < -0.4 is 10.1 Å². The van der Waals surface area contributed by atoms with E-state index >= 15 is 0 Å². The number of carbonyl (C=O) groups is 2. The van der Waals surface area contributed by atoms with Crippen LogP contribution in [0.25, 0.3) is 0 Å². The minimum Gasteiger partial charge on any atom is -0.453 e. The fourth-order valence-corrected chi connectivity index (χ4v) is 2.68. The van der Waals surface area contributed by atoms with Crippen molar-refractivity contribution in [2.75, 3.05) is 5.32 Å². The number of halogens is 3. The Hall–Kier alpha value is -2.55. The SMILES string of the molecule is C[C@H](OC(=O)CCc1cccs1)C(=O)Nc1ccc(OC(F)(F)F)cc1. The highest BCUT2D eigenvalue weighted by Crippen LogP contribution is 2.24. The Morgan fingerprint density at radius 2 is 1.88 bits per heavy atom. The predicted molar refractivity (Wildman–Crippen MR) is 89.9 cm³/mol. The average molecular weight is 387 g/mol. The molecule has 1 amide bonds. The van der Waals surface area contributed by atoms with Crippen LogP contribution in [0.3, 0.4) is 0 Å². The summed E-state index contributed by atoms with van der Waals surface area (Å²) in [6.07, 6.45) is -5.12. The fourth-order valence-electron chi connectivity index (χ4n) is 1.97. The first-order valence-electron chi connectivity index (χ1n) is 7.61. The zero-order valence-corrected chi connectivity index (χ0v) is 14.5. The van der Waals surface area contributed by atoms with Gasteiger partial charge in [-0.15, -0.1) is 24.5 Å². The second kappa shape index (κ2) is 8.70. The van der Waals surface area contributed by atoms with Gasteiger partial charge in [0.05, 0.1) is 6.42 Å². The molecule has 0 fully saturated rings. The van der Waals surface area contributed by atoms with Gasteiger partial charge in [0.25, 0.3) is 5.91 Å². The van der Waals surface area contributed by atoms with E-state index < -0.39 is 30.1 Å². The van der Waals surface area contributed by atoms with Crippen molar-refractivity contribution in [1.29, 1.82) is 0 Å². The van der Waals surface area contributed by atoms with Crippen LogP contribution in [0.4, 0.5) is 18.9 Å². The third kappa shape index (κ3) is 6.75. The van der Waals surface area contributed by atoms with Crippen molar-refractivity contribution in [3.63, 3.8) is 0 Å². The maximum absolute atomic E-state index is 12.1. The molecule has 0 unspecified atom stereocenters. The molecular weight excluding hydrogens is 371 g/mol. The molecule has 0 aliphatic heterocycles. The lowest BCUT2D eigenvalue weighted by Gasteiger charge is -2.14. The highest BCUT2D eigenvalue weighted by molar-refractivity contribution is 7.09. The van der Waals surface area contributed by atoms with Crippen molar-refractivity contribution >= 4 is 28.9 Å². The first kappa shape index (κ1) is 19.8. The van der Waals surface area contributed by atoms with Gasteiger partial charge < -0.3 is 14.8 Å². The smallest absolute Gasteiger partial charge is 0.453 e. The topological polar surface area (TPSA) is 64.6 Å². The van der Waals surface area contributed by atoms with Crippen molar-refractivity contribution < 1.29 is 32.2 Å². The van der Waals surface area contributed by atoms with E-state index in [2.05, 4.69) is 10.1 Å². The molecule has 1 aromatic heterocycles. The van der Waals surface area contributed by atoms with Gasteiger partial charge in [0.1, 0.15) is 5.75 Å². The first-order chi connectivity index (χ1) is 12.2. The summed E-state index contributed by atoms with van der Waals surface area (Å²) in [6.45, 7) is 1.42. The Balaban J connectivity index is 1.79. The van der Waals surface area contributed by atoms with Crippen LogP contribution in [0.1, 0.15) is 18.2 Å². The number of esters is 1. The molecule has 0 spiro atoms. The lowest BCUT2D eigenvalue weighted by molar-refractivity contribution is -0.274. The zero-order chi connectivity index (χ0) is 19.2. The van der Waals surface area contributed by atoms with Crippen molar-refractivity contribution in [2.45, 2.75) is 32.2 Å². The number of thiophene rings is 1. The molecule has 5 nitrogen and oxygen atoms in total. The van der Waals surface area contributed by atoms with Crippen molar-refractivity contribution in [3.8, 4) is 5.75 Å². The second-order valence-corrected chi connectivity index (χ2v) is 6.31. The van der Waals surface area contributed by atoms with E-state index in [9.17, 15) is 22.8 Å². The van der Waals surface area contributed by atoms with Crippen LogP contribution >= 0.6 is 11.3 Å². The average Bonchev–Trinajstić information content (AvgIpc) is 3.07. The fraction of sp³-hybridized carbons (Fsp3) is 0.294. The quantitative estimate of drug-likeness (QED) is 0.725. The molecule has 2 rings (SSSR count). The van der Waals surface area contributed by atoms with E-state index in [0.29, 0.717) is 6.42 Å². The number of alkyl halides is 3. The number of hydrogen-bond donors (Lipinski definition) is 1. The van der Waals surface area contributed by atoms with Gasteiger partial charge in [-0.25, -0.2) is 0 Å². The molecule has 0 saturated carbocycles. The lowest BCUT2D eigenvalue weighted by Crippen LogP contribution is -2.30. The number of ether oxygens (including phenoxy) is 2. The third-order valence-corrected chi connectivity index (χ3v) is 4.12. The number of aryl methyl sites for hydroxylation is 1. The van der Waals surface area contributed by atoms with Crippen LogP contribution in [-0.2, 0) is 20.7 Å². The number of benzene rings is 1. The molecule has 0 aliphatic carbocycles. The molecule has 1 atom stereocenters. The number of nitrogens with one attached hydrogen (secondary N) is 1. The zero-order valence-electron chi connectivity index (χ0n) is 13.7. The molecule has 26 heavy (non-hydrogen) atoms. The van der Waals surface area contributed by atoms with E-state index in [1.54, 1.807) is 0 Å². The Bertz CT molecular complexity index is 729. The molecule has 2 aromatic rings. The highest BCUT2D eigenvalue weighted by atomic mass is 32.1. The maximum Gasteiger partial charge on any atom is 0.573 e. The van der Waals surface area contributed by atoms with E-state index in [1.807, 2.05) is 17.5 Å². The number of rotatable bonds is 7. The molecular formula is C17H16F3NO4S. The van der Waals surface area contributed by atoms with Gasteiger partial charge in [-0.1, -0.05) is 6.07 Å². The summed E-state index contributed by atoms with van der Waals surface area (Å²) in [6, 6.07) is 8.43. The van der Waals surface area contributed by atoms with Crippen LogP contribution in [0, 0.1) is 0 Å². The van der Waals surface area contributed by atoms with E-state index in [0.717, 1.165) is 17.0 Å². The summed E-state index contributed by atoms with van der Waals surface area (Å²) in [7, 11) is 0. The summed E-state index contributed by atoms with van der Waals surface area (Å²) >= 11 is 1.53. The molecule has 1 N–H and O–H groups in total. The van der Waals surface area contributed by atoms with Gasteiger partial charge in [-0.3, -0.25) is 9.59 Å². The first-order valence-corrected chi connectivity index (χ1v) is 8.49. The Kier molecular flexibility index (Phi) is 6.62. The summed E-state index contributed by atoms with van der Waals surface area (Å²) in [5.41, 5.74) is 0.256. The summed E-state index contributed by atoms with van der Waals surface area (Å²) in [4.78, 5) is 24.8. The second-order valence-electron chi connectivity index (χ2n) is 5.27. The van der Waals surface area contributed by atoms with E-state index in [1.165, 1.54) is 30.4 Å². The van der Waals surface area contributed by atoms with Gasteiger partial charge >= 0.3 is 12.3 Å². The van der Waals surface area contributed by atoms with Gasteiger partial charge in [0, 0.05) is 10.6 Å². The van der Waals surface area contributed by atoms with E-state index in [4.69, 9.17) is 4.74 Å². The summed E-state index contributed by atoms with van der Waals surface area (Å²) in [5.74, 6) is -1.49. The molecule has 1 aromatic carbocycles. The maximum atomic E-state index is 12.1. The van der Waals surface area contributed by atoms with Crippen LogP contribution in [-0.4, -0.2) is 24.3 Å². The van der Waals surface area contributed by atoms with Crippen molar-refractivity contribution in [1.82, 2.24) is 0 Å². The molecule has 9 heteroatoms. The normalized spacial score (nSPS) is 12.3. The minimum absolute atomic E-state index is 0.154. The van der Waals surface area contributed by atoms with E-state index in [-0.39, 0.29) is 12.1 Å². The monoisotopic (exact) mass is 387 g/mol. The Labute approximate surface area is 151 Å². The number of anilines is 1. The number of carbonyl (C=O) groups excluding carboxylic acids is 2. The van der Waals surface area contributed by atoms with Crippen LogP contribution in [0.5, 0.6) is 5.75 Å². The Morgan fingerprint density at radius 3 is 2.46 bits per heavy atom. The molecule has 0 radical (unpaired) electrons. The number of hydrogen-bond acceptors (Lipinski definition) is 5. The molecule has 0 aliphatic rings. The molecule has 0 bridgehead atoms. The van der Waals surface area contributed by atoms with Gasteiger partial charge in [0.15, 0.2) is 6.10 Å². The predicted octanol–water partition coefficient (Wildman–Crippen LogP) is 4.15. The molecule has 0 saturated heterocycles. The van der Waals surface area contributed by atoms with Gasteiger partial charge in [-0.2, -0.15) is 0 Å². The van der Waals surface area contributed by atoms with Crippen molar-refractivity contribution in [3.05, 3.63) is 46.7 Å². The molecule has 1 heterocycles. The van der Waals surface area contributed by atoms with Crippen LogP contribution in [0.2, 0.25) is 0 Å². The van der Waals surface area contributed by atoms with Gasteiger partial charge in [-0.05, 0) is 49.1 Å². The molecule has 140 valence electrons. The Morgan fingerprint density at radius 1 is 1.19 bits per heavy atom. The third-order valence-electron chi connectivity index (χ3n) is 3.19. The summed E-state index contributed by atoms with van der Waals surface area (Å²) in [5, 5.41) is 4.36. The lowest BCUT2D eigenvalue weighted by atomic mass is 10.2. The minimum atomic E-state index is -4.78.